The molecule has 0 aliphatic rings. The van der Waals surface area contributed by atoms with Crippen molar-refractivity contribution in [1.82, 2.24) is 9.97 Å². The van der Waals surface area contributed by atoms with Gasteiger partial charge in [-0.15, -0.1) is 0 Å². The van der Waals surface area contributed by atoms with Crippen molar-refractivity contribution in [2.75, 3.05) is 5.32 Å². The van der Waals surface area contributed by atoms with Crippen LogP contribution >= 0.6 is 11.6 Å². The average molecular weight is 342 g/mol. The number of benzene rings is 2. The second kappa shape index (κ2) is 7.29. The Hall–Kier alpha value is -2.64. The molecule has 0 unspecified atom stereocenters. The van der Waals surface area contributed by atoms with Crippen LogP contribution in [0.1, 0.15) is 5.56 Å². The molecule has 3 aromatic rings. The number of hydrogen-bond acceptors (Lipinski definition) is 6. The predicted molar refractivity (Wildman–Crippen MR) is 93.1 cm³/mol. The van der Waals surface area contributed by atoms with Crippen molar-refractivity contribution >= 4 is 47.4 Å². The normalized spacial score (nSPS) is 10.4. The van der Waals surface area contributed by atoms with Gasteiger partial charge in [0.15, 0.2) is 0 Å². The van der Waals surface area contributed by atoms with Gasteiger partial charge in [-0.1, -0.05) is 35.9 Å². The summed E-state index contributed by atoms with van der Waals surface area (Å²) < 4.78 is 4.49. The number of hydrogen-bond donors (Lipinski definition) is 2. The summed E-state index contributed by atoms with van der Waals surface area (Å²) in [4.78, 5) is 18.7. The lowest BCUT2D eigenvalue weighted by molar-refractivity contribution is -0.121. The van der Waals surface area contributed by atoms with Gasteiger partial charge in [-0.25, -0.2) is 9.97 Å². The highest BCUT2D eigenvalue weighted by Gasteiger charge is 2.16. The molecular weight excluding hydrogens is 328 g/mol. The summed E-state index contributed by atoms with van der Waals surface area (Å²) in [6.45, 7) is 0.756. The number of rotatable bonds is 6. The molecule has 0 saturated carbocycles. The quantitative estimate of drug-likeness (QED) is 0.525. The fourth-order valence-electron chi connectivity index (χ4n) is 2.29. The van der Waals surface area contributed by atoms with Crippen LogP contribution < -0.4 is 10.8 Å². The highest BCUT2D eigenvalue weighted by atomic mass is 35.5. The van der Waals surface area contributed by atoms with Crippen molar-refractivity contribution in [2.24, 2.45) is 0 Å². The van der Waals surface area contributed by atoms with Crippen molar-refractivity contribution in [1.29, 1.82) is 0 Å². The van der Waals surface area contributed by atoms with Gasteiger partial charge < -0.3 is 15.0 Å². The van der Waals surface area contributed by atoms with Crippen molar-refractivity contribution in [3.8, 4) is 0 Å². The maximum absolute atomic E-state index is 10.2. The second-order valence-electron chi connectivity index (χ2n) is 5.06. The molecular formula is C16H13BClN3O3. The monoisotopic (exact) mass is 341 g/mol. The third kappa shape index (κ3) is 3.64. The fraction of sp³-hybridized carbons (Fsp3) is 0.0625. The van der Waals surface area contributed by atoms with Gasteiger partial charge in [-0.3, -0.25) is 4.79 Å². The number of nitrogens with one attached hydrogen (secondary N) is 1. The van der Waals surface area contributed by atoms with Crippen LogP contribution in [0.4, 0.5) is 5.82 Å². The molecule has 0 fully saturated rings. The number of fused-ring (bicyclic) bond motifs is 1. The van der Waals surface area contributed by atoms with Gasteiger partial charge in [0.2, 0.25) is 0 Å². The van der Waals surface area contributed by atoms with E-state index in [1.165, 1.54) is 6.33 Å². The third-order valence-corrected chi connectivity index (χ3v) is 3.74. The average Bonchev–Trinajstić information content (AvgIpc) is 2.60. The van der Waals surface area contributed by atoms with E-state index in [1.807, 2.05) is 18.2 Å². The summed E-state index contributed by atoms with van der Waals surface area (Å²) in [6.07, 6.45) is 1.48. The molecule has 0 aliphatic heterocycles. The van der Waals surface area contributed by atoms with E-state index in [-0.39, 0.29) is 6.47 Å². The molecule has 120 valence electrons. The Bertz CT molecular complexity index is 861. The highest BCUT2D eigenvalue weighted by Crippen LogP contribution is 2.22. The molecule has 0 spiro atoms. The van der Waals surface area contributed by atoms with Crippen LogP contribution in [0, 0.1) is 0 Å². The number of anilines is 1. The Balaban J connectivity index is 1.73. The van der Waals surface area contributed by atoms with Crippen molar-refractivity contribution < 1.29 is 14.5 Å². The van der Waals surface area contributed by atoms with E-state index in [0.29, 0.717) is 22.8 Å². The number of aromatic nitrogens is 2. The SMILES string of the molecule is O=COB(O)c1ccc(CNc2ncnc3cc(Cl)ccc23)cc1. The third-order valence-electron chi connectivity index (χ3n) is 3.51. The first-order valence-electron chi connectivity index (χ1n) is 7.17. The topological polar surface area (TPSA) is 84.3 Å². The van der Waals surface area contributed by atoms with Gasteiger partial charge in [-0.2, -0.15) is 0 Å². The lowest BCUT2D eigenvalue weighted by Crippen LogP contribution is -2.33. The largest absolute Gasteiger partial charge is 0.561 e. The molecule has 0 bridgehead atoms. The van der Waals surface area contributed by atoms with E-state index in [9.17, 15) is 9.82 Å². The standard InChI is InChI=1S/C16H13BClN3O3/c18-13-5-6-14-15(7-13)20-9-21-16(14)19-8-11-1-3-12(4-2-11)17(23)24-10-22/h1-7,9-10,23H,8H2,(H,19,20,21). The van der Waals surface area contributed by atoms with Gasteiger partial charge in [-0.05, 0) is 29.2 Å². The smallest absolute Gasteiger partial charge is 0.508 e. The summed E-state index contributed by atoms with van der Waals surface area (Å²) in [5.74, 6) is 0.713. The Morgan fingerprint density at radius 1 is 1.21 bits per heavy atom. The summed E-state index contributed by atoms with van der Waals surface area (Å²) in [5.41, 5.74) is 2.26. The molecule has 2 aromatic carbocycles. The van der Waals surface area contributed by atoms with E-state index in [2.05, 4.69) is 19.9 Å². The van der Waals surface area contributed by atoms with Crippen molar-refractivity contribution in [3.05, 3.63) is 59.4 Å². The number of carbonyl (C=O) groups is 1. The van der Waals surface area contributed by atoms with Crippen LogP contribution in [0.5, 0.6) is 0 Å². The zero-order valence-corrected chi connectivity index (χ0v) is 13.3. The van der Waals surface area contributed by atoms with E-state index in [4.69, 9.17) is 11.6 Å². The van der Waals surface area contributed by atoms with Crippen LogP contribution in [-0.4, -0.2) is 28.6 Å². The second-order valence-corrected chi connectivity index (χ2v) is 5.50. The summed E-state index contributed by atoms with van der Waals surface area (Å²) >= 11 is 5.97. The molecule has 0 aliphatic carbocycles. The van der Waals surface area contributed by atoms with Crippen LogP contribution in [0.15, 0.2) is 48.8 Å². The van der Waals surface area contributed by atoms with Crippen molar-refractivity contribution in [3.63, 3.8) is 0 Å². The number of nitrogens with zero attached hydrogens (tertiary/aromatic N) is 2. The van der Waals surface area contributed by atoms with E-state index >= 15 is 0 Å². The van der Waals surface area contributed by atoms with Gasteiger partial charge in [0, 0.05) is 17.0 Å². The maximum Gasteiger partial charge on any atom is 0.561 e. The Labute approximate surface area is 143 Å². The molecule has 1 heterocycles. The first-order chi connectivity index (χ1) is 11.7. The van der Waals surface area contributed by atoms with Crippen LogP contribution in [0.3, 0.4) is 0 Å². The van der Waals surface area contributed by atoms with E-state index in [0.717, 1.165) is 16.5 Å². The molecule has 1 aromatic heterocycles. The zero-order chi connectivity index (χ0) is 16.9. The van der Waals surface area contributed by atoms with Crippen LogP contribution in [-0.2, 0) is 16.0 Å². The van der Waals surface area contributed by atoms with Crippen LogP contribution in [0.2, 0.25) is 5.02 Å². The molecule has 24 heavy (non-hydrogen) atoms. The maximum atomic E-state index is 10.2. The highest BCUT2D eigenvalue weighted by molar-refractivity contribution is 6.61. The fourth-order valence-corrected chi connectivity index (χ4v) is 2.45. The van der Waals surface area contributed by atoms with Crippen molar-refractivity contribution in [2.45, 2.75) is 6.54 Å². The molecule has 3 rings (SSSR count). The molecule has 0 atom stereocenters. The van der Waals surface area contributed by atoms with E-state index < -0.39 is 7.12 Å². The lowest BCUT2D eigenvalue weighted by atomic mass is 9.79. The minimum atomic E-state index is -1.25. The molecule has 8 heteroatoms. The van der Waals surface area contributed by atoms with Gasteiger partial charge in [0.1, 0.15) is 12.1 Å². The summed E-state index contributed by atoms with van der Waals surface area (Å²) in [5, 5.41) is 14.3. The van der Waals surface area contributed by atoms with Gasteiger partial charge >= 0.3 is 7.12 Å². The molecule has 6 nitrogen and oxygen atoms in total. The Kier molecular flexibility index (Phi) is 4.93. The summed E-state index contributed by atoms with van der Waals surface area (Å²) in [6, 6.07) is 12.5. The first kappa shape index (κ1) is 16.2. The minimum absolute atomic E-state index is 0.215. The van der Waals surface area contributed by atoms with Gasteiger partial charge in [0.05, 0.1) is 5.52 Å². The number of carbonyl (C=O) groups excluding carboxylic acids is 1. The molecule has 0 amide bonds. The minimum Gasteiger partial charge on any atom is -0.508 e. The Morgan fingerprint density at radius 3 is 2.75 bits per heavy atom. The predicted octanol–water partition coefficient (Wildman–Crippen LogP) is 1.76. The van der Waals surface area contributed by atoms with Crippen LogP contribution in [0.25, 0.3) is 10.9 Å². The number of halogens is 1. The molecule has 0 saturated heterocycles. The van der Waals surface area contributed by atoms with E-state index in [1.54, 1.807) is 24.3 Å². The molecule has 0 radical (unpaired) electrons. The zero-order valence-electron chi connectivity index (χ0n) is 12.5. The molecule has 2 N–H and O–H groups in total. The lowest BCUT2D eigenvalue weighted by Gasteiger charge is -2.09. The first-order valence-corrected chi connectivity index (χ1v) is 7.55. The summed E-state index contributed by atoms with van der Waals surface area (Å²) in [7, 11) is -1.25. The van der Waals surface area contributed by atoms with Gasteiger partial charge in [0.25, 0.3) is 6.47 Å². The Morgan fingerprint density at radius 2 is 2.00 bits per heavy atom.